The highest BCUT2D eigenvalue weighted by Gasteiger charge is 2.42. The maximum Gasteiger partial charge on any atom is 0.336 e. The molecule has 0 aromatic heterocycles. The summed E-state index contributed by atoms with van der Waals surface area (Å²) in [6, 6.07) is 5.86. The number of ether oxygens (including phenoxy) is 2. The van der Waals surface area contributed by atoms with Crippen LogP contribution in [0, 0.1) is 16.0 Å². The Morgan fingerprint density at radius 2 is 2.00 bits per heavy atom. The topological polar surface area (TPSA) is 108 Å². The van der Waals surface area contributed by atoms with Gasteiger partial charge < -0.3 is 9.47 Å². The number of rotatable bonds is 7. The van der Waals surface area contributed by atoms with Crippen LogP contribution in [0.15, 0.2) is 52.7 Å². The van der Waals surface area contributed by atoms with Crippen LogP contribution in [0.25, 0.3) is 0 Å². The second-order valence-electron chi connectivity index (χ2n) is 6.93. The van der Waals surface area contributed by atoms with Gasteiger partial charge in [0.25, 0.3) is 5.69 Å². The van der Waals surface area contributed by atoms with E-state index in [-0.39, 0.29) is 17.9 Å². The molecule has 0 fully saturated rings. The summed E-state index contributed by atoms with van der Waals surface area (Å²) in [5.41, 5.74) is 2.22. The number of hydrogen-bond acceptors (Lipinski definition) is 7. The van der Waals surface area contributed by atoms with E-state index in [1.165, 1.54) is 25.3 Å². The number of hydrogen-bond donors (Lipinski definition) is 0. The van der Waals surface area contributed by atoms with Crippen LogP contribution in [0.3, 0.4) is 0 Å². The van der Waals surface area contributed by atoms with Gasteiger partial charge in [0.15, 0.2) is 0 Å². The molecule has 0 spiro atoms. The Labute approximate surface area is 169 Å². The van der Waals surface area contributed by atoms with Gasteiger partial charge >= 0.3 is 11.9 Å². The van der Waals surface area contributed by atoms with Crippen LogP contribution in [0.1, 0.15) is 38.7 Å². The second-order valence-corrected chi connectivity index (χ2v) is 6.93. The lowest BCUT2D eigenvalue weighted by atomic mass is 9.75. The van der Waals surface area contributed by atoms with Gasteiger partial charge in [0.1, 0.15) is 5.92 Å². The largest absolute Gasteiger partial charge is 0.468 e. The molecule has 1 aromatic carbocycles. The first-order valence-corrected chi connectivity index (χ1v) is 9.07. The van der Waals surface area contributed by atoms with Gasteiger partial charge in [-0.3, -0.25) is 19.9 Å². The lowest BCUT2D eigenvalue weighted by Crippen LogP contribution is -2.36. The van der Waals surface area contributed by atoms with Crippen LogP contribution < -0.4 is 0 Å². The molecule has 0 N–H and O–H groups in total. The van der Waals surface area contributed by atoms with Crippen LogP contribution in [-0.2, 0) is 19.1 Å². The van der Waals surface area contributed by atoms with Gasteiger partial charge in [-0.15, -0.1) is 6.58 Å². The number of aliphatic imine (C=N–C) groups is 1. The number of nitro benzene ring substituents is 1. The molecule has 2 unspecified atom stereocenters. The highest BCUT2D eigenvalue weighted by atomic mass is 16.6. The normalized spacial score (nSPS) is 18.7. The van der Waals surface area contributed by atoms with Gasteiger partial charge in [-0.2, -0.15) is 0 Å². The fourth-order valence-corrected chi connectivity index (χ4v) is 3.32. The molecular weight excluding hydrogens is 376 g/mol. The third kappa shape index (κ3) is 4.96. The van der Waals surface area contributed by atoms with Crippen molar-refractivity contribution in [1.29, 1.82) is 0 Å². The van der Waals surface area contributed by atoms with Gasteiger partial charge in [-0.05, 0) is 26.3 Å². The van der Waals surface area contributed by atoms with E-state index in [1.54, 1.807) is 19.9 Å². The van der Waals surface area contributed by atoms with Crippen LogP contribution in [0.5, 0.6) is 0 Å². The molecule has 2 rings (SSSR count). The van der Waals surface area contributed by atoms with Gasteiger partial charge in [0.05, 0.1) is 24.2 Å². The summed E-state index contributed by atoms with van der Waals surface area (Å²) < 4.78 is 10.3. The third-order valence-corrected chi connectivity index (χ3v) is 4.71. The lowest BCUT2D eigenvalue weighted by Gasteiger charge is -2.31. The van der Waals surface area contributed by atoms with Crippen LogP contribution in [0.2, 0.25) is 0 Å². The van der Waals surface area contributed by atoms with Crippen molar-refractivity contribution >= 4 is 23.3 Å². The summed E-state index contributed by atoms with van der Waals surface area (Å²) in [6.07, 6.45) is 0.502. The first-order chi connectivity index (χ1) is 13.7. The molecule has 154 valence electrons. The molecule has 1 aromatic rings. The van der Waals surface area contributed by atoms with E-state index in [9.17, 15) is 19.7 Å². The number of esters is 2. The number of allylic oxidation sites excluding steroid dienone is 1. The van der Waals surface area contributed by atoms with E-state index in [1.807, 2.05) is 6.92 Å². The quantitative estimate of drug-likeness (QED) is 0.299. The highest BCUT2D eigenvalue weighted by Crippen LogP contribution is 2.40. The first-order valence-electron chi connectivity index (χ1n) is 9.07. The monoisotopic (exact) mass is 400 g/mol. The van der Waals surface area contributed by atoms with Gasteiger partial charge in [0.2, 0.25) is 0 Å². The van der Waals surface area contributed by atoms with E-state index in [0.29, 0.717) is 23.4 Å². The zero-order valence-electron chi connectivity index (χ0n) is 16.9. The Morgan fingerprint density at radius 3 is 2.59 bits per heavy atom. The lowest BCUT2D eigenvalue weighted by molar-refractivity contribution is -0.384. The van der Waals surface area contributed by atoms with Gasteiger partial charge in [0, 0.05) is 35.9 Å². The number of carbonyl (C=O) groups excluding carboxylic acids is 2. The molecule has 2 atom stereocenters. The molecule has 0 radical (unpaired) electrons. The van der Waals surface area contributed by atoms with Crippen molar-refractivity contribution in [3.63, 3.8) is 0 Å². The zero-order chi connectivity index (χ0) is 21.7. The Balaban J connectivity index is 2.56. The average molecular weight is 400 g/mol. The molecule has 8 nitrogen and oxygen atoms in total. The summed E-state index contributed by atoms with van der Waals surface area (Å²) in [5.74, 6) is -2.90. The van der Waals surface area contributed by atoms with E-state index < -0.39 is 28.7 Å². The minimum absolute atomic E-state index is 0.137. The zero-order valence-corrected chi connectivity index (χ0v) is 16.9. The van der Waals surface area contributed by atoms with Gasteiger partial charge in [-0.25, -0.2) is 4.79 Å². The van der Waals surface area contributed by atoms with E-state index in [0.717, 1.165) is 5.57 Å². The summed E-state index contributed by atoms with van der Waals surface area (Å²) in [7, 11) is 1.25. The van der Waals surface area contributed by atoms with Crippen molar-refractivity contribution in [2.45, 2.75) is 33.1 Å². The minimum Gasteiger partial charge on any atom is -0.468 e. The van der Waals surface area contributed by atoms with Gasteiger partial charge in [-0.1, -0.05) is 17.7 Å². The summed E-state index contributed by atoms with van der Waals surface area (Å²) in [4.78, 5) is 40.5. The predicted molar refractivity (Wildman–Crippen MR) is 108 cm³/mol. The Bertz CT molecular complexity index is 916. The number of methoxy groups -OCH3 is 1. The number of carbonyl (C=O) groups is 2. The molecule has 8 heteroatoms. The molecule has 1 aliphatic heterocycles. The second kappa shape index (κ2) is 9.27. The standard InChI is InChI=1S/C21H24N2O6/c1-12(2)9-10-29-21(25)18-14(4)22-13(3)17(20(24)28-5)19(18)15-7-6-8-16(11-15)23(26)27/h6-8,11,17,19H,1,9-10H2,2-5H3. The Hall–Kier alpha value is -3.29. The molecular formula is C21H24N2O6. The van der Waals surface area contributed by atoms with E-state index >= 15 is 0 Å². The minimum atomic E-state index is -0.894. The molecule has 0 bridgehead atoms. The molecule has 29 heavy (non-hydrogen) atoms. The van der Waals surface area contributed by atoms with Crippen molar-refractivity contribution in [3.05, 3.63) is 63.4 Å². The summed E-state index contributed by atoms with van der Waals surface area (Å²) in [5, 5.41) is 11.2. The first kappa shape index (κ1) is 22.0. The fraction of sp³-hybridized carbons (Fsp3) is 0.381. The van der Waals surface area contributed by atoms with E-state index in [2.05, 4.69) is 11.6 Å². The van der Waals surface area contributed by atoms with Crippen molar-refractivity contribution in [3.8, 4) is 0 Å². The van der Waals surface area contributed by atoms with Crippen molar-refractivity contribution in [1.82, 2.24) is 0 Å². The van der Waals surface area contributed by atoms with Crippen LogP contribution in [0.4, 0.5) is 5.69 Å². The van der Waals surface area contributed by atoms with Crippen LogP contribution >= 0.6 is 0 Å². The van der Waals surface area contributed by atoms with Crippen molar-refractivity contribution < 1.29 is 24.0 Å². The molecule has 0 saturated heterocycles. The number of non-ortho nitro benzene ring substituents is 1. The Kier molecular flexibility index (Phi) is 7.03. The number of nitrogens with zero attached hydrogens (tertiary/aromatic N) is 2. The molecule has 1 aliphatic rings. The van der Waals surface area contributed by atoms with Crippen molar-refractivity contribution in [2.75, 3.05) is 13.7 Å². The number of benzene rings is 1. The molecule has 1 heterocycles. The summed E-state index contributed by atoms with van der Waals surface area (Å²) in [6.45, 7) is 9.05. The predicted octanol–water partition coefficient (Wildman–Crippen LogP) is 3.73. The highest BCUT2D eigenvalue weighted by molar-refractivity contribution is 6.07. The van der Waals surface area contributed by atoms with Crippen LogP contribution in [-0.4, -0.2) is 36.3 Å². The number of nitro groups is 1. The third-order valence-electron chi connectivity index (χ3n) is 4.71. The molecule has 0 aliphatic carbocycles. The van der Waals surface area contributed by atoms with E-state index in [4.69, 9.17) is 9.47 Å². The Morgan fingerprint density at radius 1 is 1.31 bits per heavy atom. The average Bonchev–Trinajstić information content (AvgIpc) is 2.66. The maximum absolute atomic E-state index is 12.9. The smallest absolute Gasteiger partial charge is 0.336 e. The SMILES string of the molecule is C=C(C)CCOC(=O)C1=C(C)N=C(C)C(C(=O)OC)C1c1cccc([N+](=O)[O-])c1. The molecule has 0 amide bonds. The fourth-order valence-electron chi connectivity index (χ4n) is 3.32. The maximum atomic E-state index is 12.9. The molecule has 0 saturated carbocycles. The summed E-state index contributed by atoms with van der Waals surface area (Å²) >= 11 is 0. The van der Waals surface area contributed by atoms with Crippen molar-refractivity contribution in [2.24, 2.45) is 10.9 Å².